The highest BCUT2D eigenvalue weighted by Crippen LogP contribution is 2.39. The normalized spacial score (nSPS) is 10.7. The maximum Gasteiger partial charge on any atom is 0.193 e. The zero-order valence-electron chi connectivity index (χ0n) is 13.1. The van der Waals surface area contributed by atoms with Gasteiger partial charge in [0.2, 0.25) is 0 Å². The molecule has 0 amide bonds. The van der Waals surface area contributed by atoms with Crippen molar-refractivity contribution in [3.63, 3.8) is 0 Å². The molecule has 0 aromatic heterocycles. The molecule has 2 aliphatic carbocycles. The second-order valence-corrected chi connectivity index (χ2v) is 5.77. The molecule has 24 heavy (non-hydrogen) atoms. The molecule has 0 aliphatic heterocycles. The number of carbonyl (C=O) groups is 1. The lowest BCUT2D eigenvalue weighted by molar-refractivity contribution is 0.103. The molecule has 0 saturated heterocycles. The molecule has 1 heteroatoms. The fourth-order valence-corrected chi connectivity index (χ4v) is 3.11. The van der Waals surface area contributed by atoms with E-state index in [0.717, 1.165) is 33.4 Å². The molecule has 1 nitrogen and oxygen atoms in total. The maximum atomic E-state index is 13.0. The van der Waals surface area contributed by atoms with E-state index in [1.807, 2.05) is 78.9 Å². The van der Waals surface area contributed by atoms with Crippen LogP contribution in [0.3, 0.4) is 0 Å². The van der Waals surface area contributed by atoms with Gasteiger partial charge in [0.05, 0.1) is 0 Å². The maximum absolute atomic E-state index is 13.0. The number of ketones is 1. The van der Waals surface area contributed by atoms with Gasteiger partial charge in [0.25, 0.3) is 0 Å². The second kappa shape index (κ2) is 6.13. The third-order valence-electron chi connectivity index (χ3n) is 4.27. The van der Waals surface area contributed by atoms with Crippen LogP contribution in [0, 0.1) is 0 Å². The van der Waals surface area contributed by atoms with Crippen LogP contribution in [0.15, 0.2) is 97.1 Å². The van der Waals surface area contributed by atoms with Crippen molar-refractivity contribution >= 4 is 5.78 Å². The lowest BCUT2D eigenvalue weighted by Crippen LogP contribution is -2.00. The van der Waals surface area contributed by atoms with E-state index in [0.29, 0.717) is 0 Å². The van der Waals surface area contributed by atoms with Gasteiger partial charge in [0.1, 0.15) is 0 Å². The average Bonchev–Trinajstić information content (AvgIpc) is 2.84. The Morgan fingerprint density at radius 1 is 0.542 bits per heavy atom. The Morgan fingerprint density at radius 2 is 1.08 bits per heavy atom. The highest BCUT2D eigenvalue weighted by atomic mass is 16.1. The summed E-state index contributed by atoms with van der Waals surface area (Å²) in [6.45, 7) is 0. The van der Waals surface area contributed by atoms with Gasteiger partial charge in [-0.3, -0.25) is 4.79 Å². The van der Waals surface area contributed by atoms with E-state index in [1.54, 1.807) is 0 Å². The number of hydrogen-bond acceptors (Lipinski definition) is 1. The molecule has 0 unspecified atom stereocenters. The summed E-state index contributed by atoms with van der Waals surface area (Å²) < 4.78 is 0. The van der Waals surface area contributed by atoms with Gasteiger partial charge < -0.3 is 0 Å². The van der Waals surface area contributed by atoms with Crippen LogP contribution in [0.1, 0.15) is 15.9 Å². The minimum Gasteiger partial charge on any atom is -0.289 e. The Bertz CT molecular complexity index is 955. The molecular weight excluding hydrogens is 292 g/mol. The van der Waals surface area contributed by atoms with Crippen LogP contribution in [0.25, 0.3) is 22.3 Å². The summed E-state index contributed by atoms with van der Waals surface area (Å²) >= 11 is 0. The average molecular weight is 308 g/mol. The molecule has 0 fully saturated rings. The fourth-order valence-electron chi connectivity index (χ4n) is 3.11. The van der Waals surface area contributed by atoms with Crippen molar-refractivity contribution in [2.24, 2.45) is 0 Å². The Hall–Kier alpha value is -3.19. The molecule has 0 N–H and O–H groups in total. The minimum atomic E-state index is 0.0639. The number of hydrogen-bond donors (Lipinski definition) is 0. The third kappa shape index (κ3) is 2.50. The lowest BCUT2D eigenvalue weighted by atomic mass is 10.0. The van der Waals surface area contributed by atoms with E-state index in [2.05, 4.69) is 18.2 Å². The van der Waals surface area contributed by atoms with Crippen LogP contribution in [0.5, 0.6) is 0 Å². The lowest BCUT2D eigenvalue weighted by Gasteiger charge is -2.02. The zero-order valence-corrected chi connectivity index (χ0v) is 13.1. The summed E-state index contributed by atoms with van der Waals surface area (Å²) in [4.78, 5) is 13.0. The number of benzene rings is 2. The van der Waals surface area contributed by atoms with Crippen LogP contribution < -0.4 is 0 Å². The fraction of sp³-hybridized carbons (Fsp3) is 0. The smallest absolute Gasteiger partial charge is 0.193 e. The number of fused-ring (bicyclic) bond motifs is 1. The van der Waals surface area contributed by atoms with Crippen LogP contribution in [0.4, 0.5) is 0 Å². The first-order valence-electron chi connectivity index (χ1n) is 8.01. The molecule has 114 valence electrons. The van der Waals surface area contributed by atoms with Crippen LogP contribution in [0.2, 0.25) is 0 Å². The largest absolute Gasteiger partial charge is 0.289 e. The van der Waals surface area contributed by atoms with Gasteiger partial charge in [-0.05, 0) is 28.3 Å². The quantitative estimate of drug-likeness (QED) is 0.444. The summed E-state index contributed by atoms with van der Waals surface area (Å²) in [5, 5.41) is 0. The molecule has 0 atom stereocenters. The molecule has 2 aromatic rings. The highest BCUT2D eigenvalue weighted by molar-refractivity contribution is 6.15. The topological polar surface area (TPSA) is 17.1 Å². The number of carbonyl (C=O) groups excluding carboxylic acids is 1. The molecule has 4 rings (SSSR count). The number of rotatable bonds is 3. The minimum absolute atomic E-state index is 0.0639. The summed E-state index contributed by atoms with van der Waals surface area (Å²) in [5.41, 5.74) is 5.79. The summed E-state index contributed by atoms with van der Waals surface area (Å²) in [6, 6.07) is 31.8. The van der Waals surface area contributed by atoms with E-state index >= 15 is 0 Å². The first kappa shape index (κ1) is 14.4. The predicted molar refractivity (Wildman–Crippen MR) is 98.4 cm³/mol. The molecule has 0 heterocycles. The molecule has 0 radical (unpaired) electrons. The van der Waals surface area contributed by atoms with Crippen LogP contribution >= 0.6 is 0 Å². The van der Waals surface area contributed by atoms with Crippen molar-refractivity contribution in [3.8, 4) is 22.3 Å². The van der Waals surface area contributed by atoms with Crippen molar-refractivity contribution in [2.75, 3.05) is 0 Å². The van der Waals surface area contributed by atoms with Gasteiger partial charge in [-0.1, -0.05) is 91.0 Å². The van der Waals surface area contributed by atoms with Gasteiger partial charge >= 0.3 is 0 Å². The Labute approximate surface area is 141 Å². The van der Waals surface area contributed by atoms with E-state index < -0.39 is 0 Å². The molecule has 2 aliphatic rings. The summed E-state index contributed by atoms with van der Waals surface area (Å²) in [6.07, 6.45) is 0. The Balaban J connectivity index is 1.93. The molecule has 0 bridgehead atoms. The van der Waals surface area contributed by atoms with Gasteiger partial charge in [0, 0.05) is 11.1 Å². The van der Waals surface area contributed by atoms with Crippen molar-refractivity contribution in [3.05, 3.63) is 108 Å². The van der Waals surface area contributed by atoms with Crippen molar-refractivity contribution in [2.45, 2.75) is 0 Å². The van der Waals surface area contributed by atoms with Gasteiger partial charge in [-0.15, -0.1) is 0 Å². The molecule has 0 saturated carbocycles. The third-order valence-corrected chi connectivity index (χ3v) is 4.27. The van der Waals surface area contributed by atoms with Gasteiger partial charge in [0.15, 0.2) is 5.78 Å². The Morgan fingerprint density at radius 3 is 1.75 bits per heavy atom. The highest BCUT2D eigenvalue weighted by Gasteiger charge is 2.21. The summed E-state index contributed by atoms with van der Waals surface area (Å²) in [7, 11) is 0. The first-order valence-corrected chi connectivity index (χ1v) is 8.01. The first-order chi connectivity index (χ1) is 11.8. The van der Waals surface area contributed by atoms with E-state index in [4.69, 9.17) is 0 Å². The van der Waals surface area contributed by atoms with E-state index in [1.165, 1.54) is 0 Å². The van der Waals surface area contributed by atoms with Gasteiger partial charge in [-0.2, -0.15) is 0 Å². The zero-order chi connectivity index (χ0) is 16.4. The standard InChI is InChI=1S/C23H16O/c24-23(18-12-6-2-7-13-18)22-16-21(17-10-4-1-5-11-17)19-14-8-3-9-15-20(19)22/h1-16H. The van der Waals surface area contributed by atoms with Crippen molar-refractivity contribution in [1.82, 2.24) is 0 Å². The second-order valence-electron chi connectivity index (χ2n) is 5.77. The van der Waals surface area contributed by atoms with Crippen molar-refractivity contribution in [1.29, 1.82) is 0 Å². The molecular formula is C23H16O. The predicted octanol–water partition coefficient (Wildman–Crippen LogP) is 5.69. The molecule has 0 spiro atoms. The monoisotopic (exact) mass is 308 g/mol. The van der Waals surface area contributed by atoms with Crippen molar-refractivity contribution < 1.29 is 4.79 Å². The Kier molecular flexibility index (Phi) is 3.68. The van der Waals surface area contributed by atoms with E-state index in [9.17, 15) is 4.79 Å². The summed E-state index contributed by atoms with van der Waals surface area (Å²) in [5.74, 6) is 0.0639. The molecule has 2 aromatic carbocycles. The van der Waals surface area contributed by atoms with Crippen LogP contribution in [-0.2, 0) is 0 Å². The van der Waals surface area contributed by atoms with E-state index in [-0.39, 0.29) is 5.78 Å². The van der Waals surface area contributed by atoms with Gasteiger partial charge in [-0.25, -0.2) is 0 Å². The van der Waals surface area contributed by atoms with Crippen LogP contribution in [-0.4, -0.2) is 5.78 Å². The SMILES string of the molecule is O=C(c1ccccc1)c1cc(-c2ccccc2)c2cccccc1-2.